The van der Waals surface area contributed by atoms with E-state index in [2.05, 4.69) is 4.98 Å². The summed E-state index contributed by atoms with van der Waals surface area (Å²) in [6.07, 6.45) is 4.94. The Kier molecular flexibility index (Phi) is 6.32. The van der Waals surface area contributed by atoms with Gasteiger partial charge in [0.15, 0.2) is 0 Å². The van der Waals surface area contributed by atoms with Gasteiger partial charge in [0.25, 0.3) is 0 Å². The van der Waals surface area contributed by atoms with Crippen molar-refractivity contribution in [1.29, 1.82) is 0 Å². The van der Waals surface area contributed by atoms with Crippen molar-refractivity contribution in [3.8, 4) is 0 Å². The van der Waals surface area contributed by atoms with E-state index in [-0.39, 0.29) is 19.1 Å². The monoisotopic (exact) mass is 330 g/mol. The maximum absolute atomic E-state index is 12.5. The fourth-order valence-corrected chi connectivity index (χ4v) is 2.52. The number of carbonyl (C=O) groups excluding carboxylic acids is 1. The first kappa shape index (κ1) is 17.2. The Morgan fingerprint density at radius 1 is 1.30 bits per heavy atom. The minimum atomic E-state index is -0.166. The fraction of sp³-hybridized carbons (Fsp3) is 0.222. The Morgan fingerprint density at radius 3 is 2.74 bits per heavy atom. The highest BCUT2D eigenvalue weighted by molar-refractivity contribution is 6.32. The zero-order valence-corrected chi connectivity index (χ0v) is 13.7. The molecule has 0 bridgehead atoms. The van der Waals surface area contributed by atoms with Gasteiger partial charge in [-0.2, -0.15) is 0 Å². The summed E-state index contributed by atoms with van der Waals surface area (Å²) in [4.78, 5) is 18.1. The summed E-state index contributed by atoms with van der Waals surface area (Å²) in [6.45, 7) is 2.42. The summed E-state index contributed by atoms with van der Waals surface area (Å²) in [5.74, 6) is -0.166. The van der Waals surface area contributed by atoms with Gasteiger partial charge in [-0.25, -0.2) is 0 Å². The zero-order valence-electron chi connectivity index (χ0n) is 12.9. The van der Waals surface area contributed by atoms with E-state index < -0.39 is 0 Å². The molecule has 4 nitrogen and oxygen atoms in total. The van der Waals surface area contributed by atoms with Crippen molar-refractivity contribution in [1.82, 2.24) is 9.88 Å². The van der Waals surface area contributed by atoms with Gasteiger partial charge in [-0.3, -0.25) is 9.78 Å². The predicted molar refractivity (Wildman–Crippen MR) is 91.8 cm³/mol. The van der Waals surface area contributed by atoms with Crippen LogP contribution in [0.3, 0.4) is 0 Å². The van der Waals surface area contributed by atoms with Crippen molar-refractivity contribution < 1.29 is 9.90 Å². The number of amides is 1. The topological polar surface area (TPSA) is 53.4 Å². The van der Waals surface area contributed by atoms with Crippen LogP contribution in [0, 0.1) is 0 Å². The second-order valence-electron chi connectivity index (χ2n) is 5.15. The molecular formula is C18H19ClN2O2. The van der Waals surface area contributed by atoms with E-state index in [1.54, 1.807) is 29.4 Å². The Hall–Kier alpha value is -2.17. The van der Waals surface area contributed by atoms with Crippen LogP contribution in [0.4, 0.5) is 0 Å². The van der Waals surface area contributed by atoms with E-state index in [4.69, 9.17) is 11.6 Å². The number of aromatic nitrogens is 1. The van der Waals surface area contributed by atoms with Crippen LogP contribution in [0.15, 0.2) is 54.9 Å². The molecule has 120 valence electrons. The van der Waals surface area contributed by atoms with Crippen molar-refractivity contribution in [2.24, 2.45) is 0 Å². The lowest BCUT2D eigenvalue weighted by Crippen LogP contribution is -2.31. The van der Waals surface area contributed by atoms with Crippen LogP contribution in [0.5, 0.6) is 0 Å². The molecule has 0 aliphatic carbocycles. The average Bonchev–Trinajstić information content (AvgIpc) is 2.55. The van der Waals surface area contributed by atoms with E-state index in [1.165, 1.54) is 0 Å². The lowest BCUT2D eigenvalue weighted by molar-refractivity contribution is -0.127. The van der Waals surface area contributed by atoms with Crippen LogP contribution >= 0.6 is 11.6 Å². The minimum Gasteiger partial charge on any atom is -0.395 e. The molecule has 0 fully saturated rings. The van der Waals surface area contributed by atoms with Crippen molar-refractivity contribution in [2.75, 3.05) is 13.2 Å². The highest BCUT2D eigenvalue weighted by atomic mass is 35.5. The fourth-order valence-electron chi connectivity index (χ4n) is 2.24. The summed E-state index contributed by atoms with van der Waals surface area (Å²) in [5, 5.41) is 9.81. The van der Waals surface area contributed by atoms with E-state index in [1.807, 2.05) is 37.3 Å². The minimum absolute atomic E-state index is 0.0923. The number of rotatable bonds is 6. The maximum atomic E-state index is 12.5. The second kappa shape index (κ2) is 8.46. The number of hydrogen-bond acceptors (Lipinski definition) is 3. The van der Waals surface area contributed by atoms with Gasteiger partial charge in [-0.15, -0.1) is 0 Å². The van der Waals surface area contributed by atoms with Gasteiger partial charge >= 0.3 is 0 Å². The third kappa shape index (κ3) is 4.91. The molecule has 0 saturated heterocycles. The molecule has 0 atom stereocenters. The average molecular weight is 331 g/mol. The highest BCUT2D eigenvalue weighted by Crippen LogP contribution is 2.23. The van der Waals surface area contributed by atoms with Gasteiger partial charge in [0, 0.05) is 36.6 Å². The summed E-state index contributed by atoms with van der Waals surface area (Å²) in [6, 6.07) is 11.1. The number of pyridine rings is 1. The molecule has 0 aliphatic rings. The molecule has 23 heavy (non-hydrogen) atoms. The molecule has 1 aromatic carbocycles. The summed E-state index contributed by atoms with van der Waals surface area (Å²) in [7, 11) is 0. The van der Waals surface area contributed by atoms with Crippen molar-refractivity contribution >= 4 is 23.1 Å². The molecule has 2 aromatic rings. The maximum Gasteiger partial charge on any atom is 0.247 e. The van der Waals surface area contributed by atoms with Gasteiger partial charge in [-0.05, 0) is 35.8 Å². The van der Waals surface area contributed by atoms with Crippen LogP contribution in [0.1, 0.15) is 18.1 Å². The van der Waals surface area contributed by atoms with Crippen LogP contribution in [0.2, 0.25) is 5.02 Å². The molecular weight excluding hydrogens is 312 g/mol. The molecule has 0 saturated carbocycles. The first-order valence-corrected chi connectivity index (χ1v) is 7.71. The number of hydrogen-bond donors (Lipinski definition) is 1. The lowest BCUT2D eigenvalue weighted by Gasteiger charge is -2.20. The largest absolute Gasteiger partial charge is 0.395 e. The number of aliphatic hydroxyl groups is 1. The quantitative estimate of drug-likeness (QED) is 0.828. The molecule has 1 amide bonds. The van der Waals surface area contributed by atoms with Crippen LogP contribution < -0.4 is 0 Å². The Balaban J connectivity index is 2.17. The smallest absolute Gasteiger partial charge is 0.247 e. The summed E-state index contributed by atoms with van der Waals surface area (Å²) < 4.78 is 0. The molecule has 1 heterocycles. The number of benzene rings is 1. The number of aliphatic hydroxyl groups excluding tert-OH is 1. The van der Waals surface area contributed by atoms with Gasteiger partial charge in [0.1, 0.15) is 0 Å². The van der Waals surface area contributed by atoms with Crippen molar-refractivity contribution in [2.45, 2.75) is 13.5 Å². The van der Waals surface area contributed by atoms with Gasteiger partial charge in [0.2, 0.25) is 5.91 Å². The number of halogens is 1. The zero-order chi connectivity index (χ0) is 16.7. The van der Waals surface area contributed by atoms with Gasteiger partial charge in [0.05, 0.1) is 6.61 Å². The SMILES string of the molecule is C/C(=C/C(=O)N(CCO)Cc1cccnc1)c1ccccc1Cl. The Bertz CT molecular complexity index is 686. The molecule has 1 N–H and O–H groups in total. The normalized spacial score (nSPS) is 11.3. The van der Waals surface area contributed by atoms with Crippen LogP contribution in [-0.4, -0.2) is 34.0 Å². The van der Waals surface area contributed by atoms with Crippen LogP contribution in [0.25, 0.3) is 5.57 Å². The number of allylic oxidation sites excluding steroid dienone is 1. The third-order valence-electron chi connectivity index (χ3n) is 3.42. The molecule has 0 radical (unpaired) electrons. The van der Waals surface area contributed by atoms with E-state index >= 15 is 0 Å². The van der Waals surface area contributed by atoms with Crippen molar-refractivity contribution in [3.05, 3.63) is 71.0 Å². The first-order valence-electron chi connectivity index (χ1n) is 7.33. The summed E-state index contributed by atoms with van der Waals surface area (Å²) >= 11 is 6.16. The Labute approximate surface area is 141 Å². The molecule has 5 heteroatoms. The lowest BCUT2D eigenvalue weighted by atomic mass is 10.1. The molecule has 1 aromatic heterocycles. The van der Waals surface area contributed by atoms with E-state index in [0.717, 1.165) is 16.7 Å². The van der Waals surface area contributed by atoms with E-state index in [0.29, 0.717) is 11.6 Å². The third-order valence-corrected chi connectivity index (χ3v) is 3.75. The highest BCUT2D eigenvalue weighted by Gasteiger charge is 2.13. The first-order chi connectivity index (χ1) is 11.1. The van der Waals surface area contributed by atoms with Crippen LogP contribution in [-0.2, 0) is 11.3 Å². The van der Waals surface area contributed by atoms with E-state index in [9.17, 15) is 9.90 Å². The molecule has 0 unspecified atom stereocenters. The summed E-state index contributed by atoms with van der Waals surface area (Å²) in [5.41, 5.74) is 2.53. The van der Waals surface area contributed by atoms with Gasteiger partial charge in [-0.1, -0.05) is 35.9 Å². The van der Waals surface area contributed by atoms with Crippen molar-refractivity contribution in [3.63, 3.8) is 0 Å². The number of nitrogens with zero attached hydrogens (tertiary/aromatic N) is 2. The number of carbonyl (C=O) groups is 1. The molecule has 0 aliphatic heterocycles. The Morgan fingerprint density at radius 2 is 2.09 bits per heavy atom. The molecule has 0 spiro atoms. The second-order valence-corrected chi connectivity index (χ2v) is 5.56. The predicted octanol–water partition coefficient (Wildman–Crippen LogP) is 3.16. The van der Waals surface area contributed by atoms with Gasteiger partial charge < -0.3 is 10.0 Å². The standard InChI is InChI=1S/C18H19ClN2O2/c1-14(16-6-2-3-7-17(16)19)11-18(23)21(9-10-22)13-15-5-4-8-20-12-15/h2-8,11-12,22H,9-10,13H2,1H3/b14-11-. The molecule has 2 rings (SSSR count).